The van der Waals surface area contributed by atoms with Crippen LogP contribution >= 0.6 is 0 Å². The third-order valence-electron chi connectivity index (χ3n) is 4.10. The van der Waals surface area contributed by atoms with Crippen LogP contribution in [-0.4, -0.2) is 29.2 Å². The Labute approximate surface area is 106 Å². The van der Waals surface area contributed by atoms with Gasteiger partial charge in [0.1, 0.15) is 0 Å². The van der Waals surface area contributed by atoms with Crippen LogP contribution in [0.15, 0.2) is 6.07 Å². The predicted octanol–water partition coefficient (Wildman–Crippen LogP) is 0.557. The molecule has 0 spiro atoms. The molecule has 0 aliphatic carbocycles. The van der Waals surface area contributed by atoms with E-state index in [2.05, 4.69) is 10.3 Å². The number of hydrogen-bond acceptors (Lipinski definition) is 3. The van der Waals surface area contributed by atoms with E-state index in [0.717, 1.165) is 11.3 Å². The smallest absolute Gasteiger partial charge is 0.398 e. The molecule has 5 nitrogen and oxygen atoms in total. The van der Waals surface area contributed by atoms with Crippen LogP contribution < -0.4 is 10.9 Å². The molecule has 3 rings (SSSR count). The van der Waals surface area contributed by atoms with E-state index in [1.165, 1.54) is 0 Å². The summed E-state index contributed by atoms with van der Waals surface area (Å²) in [5.74, 6) is -0.0379. The number of H-pyrrole nitrogens is 1. The van der Waals surface area contributed by atoms with Crippen molar-refractivity contribution in [1.82, 2.24) is 10.3 Å². The Morgan fingerprint density at radius 3 is 2.39 bits per heavy atom. The molecule has 1 fully saturated rings. The van der Waals surface area contributed by atoms with E-state index in [9.17, 15) is 4.79 Å². The number of aromatic amines is 1. The van der Waals surface area contributed by atoms with E-state index in [4.69, 9.17) is 9.31 Å². The van der Waals surface area contributed by atoms with E-state index in [-0.39, 0.29) is 17.1 Å². The molecule has 1 aromatic rings. The van der Waals surface area contributed by atoms with Crippen LogP contribution in [0.5, 0.6) is 0 Å². The summed E-state index contributed by atoms with van der Waals surface area (Å²) in [6.45, 7) is 8.59. The molecular formula is C12H17BN2O3. The fraction of sp³-hybridized carbons (Fsp3) is 0.583. The zero-order valence-corrected chi connectivity index (χ0v) is 11.1. The molecule has 1 amide bonds. The lowest BCUT2D eigenvalue weighted by Gasteiger charge is -2.32. The van der Waals surface area contributed by atoms with Gasteiger partial charge < -0.3 is 19.6 Å². The second kappa shape index (κ2) is 3.39. The topological polar surface area (TPSA) is 63.3 Å². The summed E-state index contributed by atoms with van der Waals surface area (Å²) in [6, 6.07) is 1.82. The highest BCUT2D eigenvalue weighted by atomic mass is 16.7. The van der Waals surface area contributed by atoms with Crippen LogP contribution in [0.1, 0.15) is 43.7 Å². The van der Waals surface area contributed by atoms with Crippen molar-refractivity contribution in [2.45, 2.75) is 45.4 Å². The third-order valence-corrected chi connectivity index (χ3v) is 4.10. The van der Waals surface area contributed by atoms with Gasteiger partial charge in [-0.1, -0.05) is 0 Å². The minimum Gasteiger partial charge on any atom is -0.398 e. The van der Waals surface area contributed by atoms with Crippen molar-refractivity contribution in [2.24, 2.45) is 0 Å². The first kappa shape index (κ1) is 11.8. The zero-order chi connectivity index (χ0) is 13.1. The number of nitrogens with one attached hydrogen (secondary N) is 2. The molecule has 0 bridgehead atoms. The molecule has 0 radical (unpaired) electrons. The van der Waals surface area contributed by atoms with E-state index in [1.807, 2.05) is 33.8 Å². The van der Waals surface area contributed by atoms with Gasteiger partial charge in [-0.25, -0.2) is 0 Å². The van der Waals surface area contributed by atoms with Crippen LogP contribution in [0.4, 0.5) is 0 Å². The van der Waals surface area contributed by atoms with Crippen LogP contribution in [0.25, 0.3) is 0 Å². The third kappa shape index (κ3) is 1.52. The molecule has 1 saturated heterocycles. The maximum atomic E-state index is 11.5. The quantitative estimate of drug-likeness (QED) is 0.713. The van der Waals surface area contributed by atoms with Crippen LogP contribution in [0, 0.1) is 0 Å². The molecule has 6 heteroatoms. The summed E-state index contributed by atoms with van der Waals surface area (Å²) < 4.78 is 11.9. The van der Waals surface area contributed by atoms with Gasteiger partial charge >= 0.3 is 7.12 Å². The van der Waals surface area contributed by atoms with Gasteiger partial charge in [-0.15, -0.1) is 0 Å². The van der Waals surface area contributed by atoms with Gasteiger partial charge in [-0.3, -0.25) is 4.79 Å². The lowest BCUT2D eigenvalue weighted by molar-refractivity contribution is 0.00578. The van der Waals surface area contributed by atoms with Crippen molar-refractivity contribution >= 4 is 18.6 Å². The zero-order valence-electron chi connectivity index (χ0n) is 11.1. The van der Waals surface area contributed by atoms with E-state index in [1.54, 1.807) is 0 Å². The monoisotopic (exact) mass is 248 g/mol. The minimum absolute atomic E-state index is 0.0379. The maximum Gasteiger partial charge on any atom is 0.512 e. The van der Waals surface area contributed by atoms with Gasteiger partial charge in [0, 0.05) is 11.3 Å². The van der Waals surface area contributed by atoms with Crippen molar-refractivity contribution < 1.29 is 14.1 Å². The summed E-state index contributed by atoms with van der Waals surface area (Å²) in [7, 11) is -0.437. The predicted molar refractivity (Wildman–Crippen MR) is 67.7 cm³/mol. The molecule has 96 valence electrons. The Bertz CT molecular complexity index is 505. The molecular weight excluding hydrogens is 231 g/mol. The highest BCUT2D eigenvalue weighted by Crippen LogP contribution is 2.36. The first-order valence-electron chi connectivity index (χ1n) is 6.16. The van der Waals surface area contributed by atoms with Crippen molar-refractivity contribution in [3.8, 4) is 0 Å². The summed E-state index contributed by atoms with van der Waals surface area (Å²) in [4.78, 5) is 14.7. The second-order valence-electron chi connectivity index (χ2n) is 5.89. The fourth-order valence-corrected chi connectivity index (χ4v) is 2.22. The average molecular weight is 248 g/mol. The van der Waals surface area contributed by atoms with Gasteiger partial charge in [0.15, 0.2) is 0 Å². The average Bonchev–Trinajstić information content (AvgIpc) is 2.84. The molecule has 2 aliphatic rings. The van der Waals surface area contributed by atoms with Crippen molar-refractivity contribution in [2.75, 3.05) is 0 Å². The summed E-state index contributed by atoms with van der Waals surface area (Å²) in [5.41, 5.74) is 1.68. The largest absolute Gasteiger partial charge is 0.512 e. The van der Waals surface area contributed by atoms with Crippen LogP contribution in [0.3, 0.4) is 0 Å². The number of rotatable bonds is 1. The van der Waals surface area contributed by atoms with Crippen molar-refractivity contribution in [3.05, 3.63) is 17.3 Å². The van der Waals surface area contributed by atoms with Gasteiger partial charge in [-0.05, 0) is 33.8 Å². The van der Waals surface area contributed by atoms with Crippen molar-refractivity contribution in [3.63, 3.8) is 0 Å². The highest BCUT2D eigenvalue weighted by Gasteiger charge is 2.52. The molecule has 0 atom stereocenters. The van der Waals surface area contributed by atoms with E-state index in [0.29, 0.717) is 12.1 Å². The number of aromatic nitrogens is 1. The summed E-state index contributed by atoms with van der Waals surface area (Å²) >= 11 is 0. The number of amides is 1. The van der Waals surface area contributed by atoms with Crippen LogP contribution in [-0.2, 0) is 15.9 Å². The Hall–Kier alpha value is -1.27. The van der Waals surface area contributed by atoms with E-state index < -0.39 is 7.12 Å². The number of carbonyl (C=O) groups is 1. The van der Waals surface area contributed by atoms with Gasteiger partial charge in [0.25, 0.3) is 5.91 Å². The first-order valence-corrected chi connectivity index (χ1v) is 6.16. The first-order chi connectivity index (χ1) is 8.30. The normalized spacial score (nSPS) is 24.2. The minimum atomic E-state index is -0.437. The lowest BCUT2D eigenvalue weighted by atomic mass is 9.85. The molecule has 0 aromatic carbocycles. The molecule has 18 heavy (non-hydrogen) atoms. The lowest BCUT2D eigenvalue weighted by Crippen LogP contribution is -2.41. The number of hydrogen-bond donors (Lipinski definition) is 2. The van der Waals surface area contributed by atoms with Crippen molar-refractivity contribution in [1.29, 1.82) is 0 Å². The fourth-order valence-electron chi connectivity index (χ4n) is 2.22. The van der Waals surface area contributed by atoms with Gasteiger partial charge in [0.2, 0.25) is 0 Å². The van der Waals surface area contributed by atoms with Gasteiger partial charge in [0.05, 0.1) is 23.3 Å². The Kier molecular flexibility index (Phi) is 2.22. The van der Waals surface area contributed by atoms with E-state index >= 15 is 0 Å². The summed E-state index contributed by atoms with van der Waals surface area (Å²) in [5, 5.41) is 2.76. The maximum absolute atomic E-state index is 11.5. The Morgan fingerprint density at radius 2 is 1.83 bits per heavy atom. The molecule has 3 heterocycles. The molecule has 0 saturated carbocycles. The van der Waals surface area contributed by atoms with Crippen LogP contribution in [0.2, 0.25) is 0 Å². The number of fused-ring (bicyclic) bond motifs is 1. The molecule has 2 aliphatic heterocycles. The Morgan fingerprint density at radius 1 is 1.22 bits per heavy atom. The standard InChI is InChI=1S/C12H17BN2O3/c1-11(2)12(3,4)18-13(17-11)9-5-7-8(15-9)6-14-10(7)16/h5,15H,6H2,1-4H3,(H,14,16). The Balaban J connectivity index is 1.90. The number of carbonyl (C=O) groups excluding carboxylic acids is 1. The second-order valence-corrected chi connectivity index (χ2v) is 5.89. The molecule has 2 N–H and O–H groups in total. The SMILES string of the molecule is CC1(C)OB(c2cc3c([nH]2)CNC3=O)OC1(C)C. The van der Waals surface area contributed by atoms with Gasteiger partial charge in [-0.2, -0.15) is 0 Å². The summed E-state index contributed by atoms with van der Waals surface area (Å²) in [6.07, 6.45) is 0. The molecule has 1 aromatic heterocycles. The highest BCUT2D eigenvalue weighted by molar-refractivity contribution is 6.61. The molecule has 0 unspecified atom stereocenters.